The molecule has 186 valence electrons. The summed E-state index contributed by atoms with van der Waals surface area (Å²) in [7, 11) is 1.59. The Kier molecular flexibility index (Phi) is 6.17. The fourth-order valence-electron chi connectivity index (χ4n) is 5.96. The van der Waals surface area contributed by atoms with E-state index in [0.717, 1.165) is 0 Å². The predicted molar refractivity (Wildman–Crippen MR) is 132 cm³/mol. The van der Waals surface area contributed by atoms with Crippen LogP contribution in [0, 0.1) is 11.8 Å². The van der Waals surface area contributed by atoms with Crippen molar-refractivity contribution in [3.05, 3.63) is 48.6 Å². The van der Waals surface area contributed by atoms with Crippen LogP contribution in [0.1, 0.15) is 19.8 Å². The van der Waals surface area contributed by atoms with Gasteiger partial charge in [0.25, 0.3) is 5.91 Å². The van der Waals surface area contributed by atoms with Crippen molar-refractivity contribution in [2.24, 2.45) is 11.8 Å². The Morgan fingerprint density at radius 3 is 2.60 bits per heavy atom. The van der Waals surface area contributed by atoms with Crippen LogP contribution in [-0.4, -0.2) is 76.7 Å². The number of esters is 1. The molecule has 9 heteroatoms. The van der Waals surface area contributed by atoms with Gasteiger partial charge in [0.2, 0.25) is 5.91 Å². The SMILES string of the molecule is COc1ccc(N2CC=C[C@]34S[C@@]5(C)C=CCCOC(=O)[C@H]5[C@H]3C(=O)N(CCCO)C4C2=O)cc1. The van der Waals surface area contributed by atoms with Gasteiger partial charge in [-0.25, -0.2) is 0 Å². The van der Waals surface area contributed by atoms with Crippen molar-refractivity contribution in [3.8, 4) is 5.75 Å². The normalized spacial score (nSPS) is 34.0. The van der Waals surface area contributed by atoms with E-state index in [9.17, 15) is 19.5 Å². The smallest absolute Gasteiger partial charge is 0.311 e. The van der Waals surface area contributed by atoms with Gasteiger partial charge in [-0.15, -0.1) is 11.8 Å². The number of amides is 2. The summed E-state index contributed by atoms with van der Waals surface area (Å²) < 4.78 is 9.19. The van der Waals surface area contributed by atoms with E-state index in [1.54, 1.807) is 29.0 Å². The van der Waals surface area contributed by atoms with Crippen molar-refractivity contribution in [1.82, 2.24) is 4.90 Å². The second-order valence-electron chi connectivity index (χ2n) is 9.51. The molecule has 0 bridgehead atoms. The zero-order valence-electron chi connectivity index (χ0n) is 19.9. The first-order chi connectivity index (χ1) is 16.9. The standard InChI is InChI=1S/C26H30N2O6S/c1-25-11-3-4-16-34-24(32)20(25)19-22(30)28(14-6-15-29)21-23(31)27(13-5-12-26(19,21)35-25)17-7-9-18(33-2)10-8-17/h3,5,7-12,19-21,29H,4,6,13-16H2,1-2H3/t19-,20+,21?,25-,26-/m0/s1. The molecule has 35 heavy (non-hydrogen) atoms. The van der Waals surface area contributed by atoms with Crippen LogP contribution in [0.4, 0.5) is 5.69 Å². The van der Waals surface area contributed by atoms with E-state index in [2.05, 4.69) is 0 Å². The third-order valence-corrected chi connectivity index (χ3v) is 9.26. The second kappa shape index (κ2) is 9.02. The molecular weight excluding hydrogens is 468 g/mol. The number of thioether (sulfide) groups is 1. The van der Waals surface area contributed by atoms with Crippen molar-refractivity contribution in [1.29, 1.82) is 0 Å². The van der Waals surface area contributed by atoms with Crippen molar-refractivity contribution in [3.63, 3.8) is 0 Å². The molecule has 4 heterocycles. The number of methoxy groups -OCH3 is 1. The Morgan fingerprint density at radius 2 is 1.89 bits per heavy atom. The minimum Gasteiger partial charge on any atom is -0.497 e. The monoisotopic (exact) mass is 498 g/mol. The number of carbonyl (C=O) groups is 3. The Hall–Kier alpha value is -2.78. The van der Waals surface area contributed by atoms with Gasteiger partial charge in [0.1, 0.15) is 11.8 Å². The first-order valence-corrected chi connectivity index (χ1v) is 12.8. The van der Waals surface area contributed by atoms with Crippen LogP contribution in [-0.2, 0) is 19.1 Å². The van der Waals surface area contributed by atoms with Crippen molar-refractivity contribution >= 4 is 35.2 Å². The molecule has 5 atom stereocenters. The number of anilines is 1. The van der Waals surface area contributed by atoms with Crippen molar-refractivity contribution < 1.29 is 29.0 Å². The summed E-state index contributed by atoms with van der Waals surface area (Å²) in [6.07, 6.45) is 8.89. The molecule has 1 spiro atoms. The molecule has 0 saturated carbocycles. The lowest BCUT2D eigenvalue weighted by Gasteiger charge is -2.37. The number of carbonyl (C=O) groups excluding carboxylic acids is 3. The van der Waals surface area contributed by atoms with Gasteiger partial charge in [-0.05, 0) is 44.0 Å². The Morgan fingerprint density at radius 1 is 1.11 bits per heavy atom. The summed E-state index contributed by atoms with van der Waals surface area (Å²) in [6, 6.07) is 6.45. The zero-order chi connectivity index (χ0) is 24.8. The number of rotatable bonds is 5. The number of hydrogen-bond acceptors (Lipinski definition) is 7. The minimum absolute atomic E-state index is 0.0978. The van der Waals surface area contributed by atoms with Gasteiger partial charge in [0.15, 0.2) is 0 Å². The number of fused-ring (bicyclic) bond motifs is 2. The van der Waals surface area contributed by atoms with E-state index < -0.39 is 27.4 Å². The number of likely N-dealkylation sites (tertiary alicyclic amines) is 1. The molecule has 0 radical (unpaired) electrons. The summed E-state index contributed by atoms with van der Waals surface area (Å²) in [6.45, 7) is 2.73. The van der Waals surface area contributed by atoms with Crippen LogP contribution in [0.25, 0.3) is 0 Å². The van der Waals surface area contributed by atoms with Crippen LogP contribution in [0.2, 0.25) is 0 Å². The van der Waals surface area contributed by atoms with Crippen molar-refractivity contribution in [2.75, 3.05) is 38.3 Å². The molecule has 5 rings (SSSR count). The van der Waals surface area contributed by atoms with Crippen LogP contribution in [0.5, 0.6) is 5.75 Å². The maximum Gasteiger partial charge on any atom is 0.311 e. The molecule has 0 aliphatic carbocycles. The number of ether oxygens (including phenoxy) is 2. The fraction of sp³-hybridized carbons (Fsp3) is 0.500. The lowest BCUT2D eigenvalue weighted by atomic mass is 9.74. The third-order valence-electron chi connectivity index (χ3n) is 7.46. The summed E-state index contributed by atoms with van der Waals surface area (Å²) >= 11 is 1.52. The Labute approximate surface area is 208 Å². The van der Waals surface area contributed by atoms with E-state index in [0.29, 0.717) is 30.8 Å². The maximum absolute atomic E-state index is 14.2. The van der Waals surface area contributed by atoms with E-state index in [-0.39, 0.29) is 37.5 Å². The Balaban J connectivity index is 1.61. The molecule has 1 aromatic carbocycles. The second-order valence-corrected chi connectivity index (χ2v) is 11.3. The molecule has 1 unspecified atom stereocenters. The minimum atomic E-state index is -0.919. The molecule has 2 fully saturated rings. The summed E-state index contributed by atoms with van der Waals surface area (Å²) in [5.41, 5.74) is 0.704. The highest BCUT2D eigenvalue weighted by atomic mass is 32.2. The highest BCUT2D eigenvalue weighted by molar-refractivity contribution is 8.02. The topological polar surface area (TPSA) is 96.4 Å². The number of aliphatic hydroxyl groups is 1. The number of nitrogens with zero attached hydrogens (tertiary/aromatic N) is 2. The summed E-state index contributed by atoms with van der Waals surface area (Å²) in [4.78, 5) is 44.7. The Bertz CT molecular complexity index is 1090. The third kappa shape index (κ3) is 3.67. The maximum atomic E-state index is 14.2. The molecular formula is C26H30N2O6S. The van der Waals surface area contributed by atoms with Gasteiger partial charge in [0, 0.05) is 30.1 Å². The number of cyclic esters (lactones) is 1. The summed E-state index contributed by atoms with van der Waals surface area (Å²) in [5, 5.41) is 9.50. The molecule has 1 aromatic rings. The lowest BCUT2D eigenvalue weighted by molar-refractivity contribution is -0.154. The van der Waals surface area contributed by atoms with Gasteiger partial charge in [0.05, 0.1) is 30.3 Å². The van der Waals surface area contributed by atoms with Crippen molar-refractivity contribution in [2.45, 2.75) is 35.3 Å². The van der Waals surface area contributed by atoms with Crippen LogP contribution in [0.15, 0.2) is 48.6 Å². The van der Waals surface area contributed by atoms with Gasteiger partial charge in [-0.1, -0.05) is 24.3 Å². The van der Waals surface area contributed by atoms with E-state index in [1.165, 1.54) is 11.8 Å². The fourth-order valence-corrected chi connectivity index (χ4v) is 8.12. The van der Waals surface area contributed by atoms with Gasteiger partial charge in [-0.3, -0.25) is 14.4 Å². The number of benzene rings is 1. The molecule has 8 nitrogen and oxygen atoms in total. The average Bonchev–Trinajstić information content (AvgIpc) is 3.16. The van der Waals surface area contributed by atoms with Gasteiger partial charge < -0.3 is 24.4 Å². The van der Waals surface area contributed by atoms with Crippen LogP contribution in [0.3, 0.4) is 0 Å². The van der Waals surface area contributed by atoms with E-state index in [1.807, 2.05) is 43.4 Å². The highest BCUT2D eigenvalue weighted by Crippen LogP contribution is 2.65. The molecule has 4 aliphatic rings. The number of aliphatic hydroxyl groups excluding tert-OH is 1. The summed E-state index contributed by atoms with van der Waals surface area (Å²) in [5.74, 6) is -1.57. The van der Waals surface area contributed by atoms with Crippen LogP contribution >= 0.6 is 11.8 Å². The molecule has 2 saturated heterocycles. The first-order valence-electron chi connectivity index (χ1n) is 12.0. The van der Waals surface area contributed by atoms with E-state index >= 15 is 0 Å². The lowest BCUT2D eigenvalue weighted by Crippen LogP contribution is -2.53. The molecule has 4 aliphatic heterocycles. The quantitative estimate of drug-likeness (QED) is 0.491. The molecule has 2 amide bonds. The molecule has 0 aromatic heterocycles. The number of hydrogen-bond donors (Lipinski definition) is 1. The first kappa shape index (κ1) is 23.9. The van der Waals surface area contributed by atoms with E-state index in [4.69, 9.17) is 9.47 Å². The molecule has 1 N–H and O–H groups in total. The van der Waals surface area contributed by atoms with Crippen LogP contribution < -0.4 is 9.64 Å². The van der Waals surface area contributed by atoms with Gasteiger partial charge in [-0.2, -0.15) is 0 Å². The highest BCUT2D eigenvalue weighted by Gasteiger charge is 2.73. The zero-order valence-corrected chi connectivity index (χ0v) is 20.7. The predicted octanol–water partition coefficient (Wildman–Crippen LogP) is 2.17. The largest absolute Gasteiger partial charge is 0.497 e. The van der Waals surface area contributed by atoms with Gasteiger partial charge >= 0.3 is 5.97 Å². The average molecular weight is 499 g/mol.